The molecule has 7 nitrogen and oxygen atoms in total. The maximum absolute atomic E-state index is 12.4. The fourth-order valence-electron chi connectivity index (χ4n) is 2.86. The Morgan fingerprint density at radius 2 is 2.11 bits per heavy atom. The van der Waals surface area contributed by atoms with Gasteiger partial charge in [0.05, 0.1) is 10.7 Å². The Balaban J connectivity index is 1.77. The molecule has 0 aromatic carbocycles. The van der Waals surface area contributed by atoms with Crippen molar-refractivity contribution in [2.75, 3.05) is 18.4 Å². The molecule has 0 unspecified atom stereocenters. The lowest BCUT2D eigenvalue weighted by atomic mass is 9.93. The number of allylic oxidation sites excluding steroid dienone is 2. The molecule has 3 heterocycles. The first-order valence-electron chi connectivity index (χ1n) is 9.02. The Morgan fingerprint density at radius 3 is 2.74 bits per heavy atom. The molecule has 2 aliphatic heterocycles. The van der Waals surface area contributed by atoms with Gasteiger partial charge in [0.2, 0.25) is 11.9 Å². The number of amides is 1. The summed E-state index contributed by atoms with van der Waals surface area (Å²) < 4.78 is 0. The molecule has 27 heavy (non-hydrogen) atoms. The zero-order chi connectivity index (χ0) is 19.4. The molecule has 0 spiro atoms. The van der Waals surface area contributed by atoms with Gasteiger partial charge in [0.15, 0.2) is 0 Å². The number of piperidine rings is 1. The third-order valence-electron chi connectivity index (χ3n) is 4.55. The van der Waals surface area contributed by atoms with Gasteiger partial charge in [0, 0.05) is 23.2 Å². The van der Waals surface area contributed by atoms with Crippen LogP contribution in [0.1, 0.15) is 39.3 Å². The lowest BCUT2D eigenvalue weighted by molar-refractivity contribution is -0.120. The number of anilines is 1. The summed E-state index contributed by atoms with van der Waals surface area (Å²) in [6.07, 6.45) is 3.18. The maximum Gasteiger partial charge on any atom is 0.229 e. The van der Waals surface area contributed by atoms with Crippen molar-refractivity contribution in [1.82, 2.24) is 20.6 Å². The number of thioether (sulfide) groups is 1. The number of aromatic nitrogens is 2. The van der Waals surface area contributed by atoms with Crippen molar-refractivity contribution < 1.29 is 4.79 Å². The second-order valence-corrected chi connectivity index (χ2v) is 8.50. The van der Waals surface area contributed by atoms with E-state index in [-0.39, 0.29) is 23.2 Å². The minimum atomic E-state index is -0.0649. The Morgan fingerprint density at radius 1 is 1.37 bits per heavy atom. The average Bonchev–Trinajstić information content (AvgIpc) is 3.14. The third kappa shape index (κ3) is 4.67. The van der Waals surface area contributed by atoms with Crippen LogP contribution in [-0.4, -0.2) is 29.0 Å². The van der Waals surface area contributed by atoms with Crippen LogP contribution in [-0.2, 0) is 4.79 Å². The fraction of sp³-hybridized carbons (Fsp3) is 0.474. The molecule has 1 saturated heterocycles. The number of rotatable bonds is 3. The first-order valence-corrected chi connectivity index (χ1v) is 9.90. The molecule has 0 aliphatic carbocycles. The van der Waals surface area contributed by atoms with Gasteiger partial charge in [-0.1, -0.05) is 32.5 Å². The molecule has 2 aliphatic rings. The summed E-state index contributed by atoms with van der Waals surface area (Å²) >= 11 is 1.48. The van der Waals surface area contributed by atoms with E-state index >= 15 is 0 Å². The van der Waals surface area contributed by atoms with Gasteiger partial charge >= 0.3 is 0 Å². The molecule has 1 aromatic rings. The Kier molecular flexibility index (Phi) is 5.82. The number of hydrogen-bond acceptors (Lipinski definition) is 7. The standard InChI is InChI=1S/C19H24N6OS/c1-19(2,3)15-11-27-17(24-15)13(10-20)14-6-9-22-18(23-14)25-16(26)12-4-7-21-8-5-12/h6,9,11-12,21,24H,4-5,7-8H2,1-3H3,(H,22,23,25,26)/b17-13+. The van der Waals surface area contributed by atoms with E-state index < -0.39 is 0 Å². The van der Waals surface area contributed by atoms with Gasteiger partial charge in [0.1, 0.15) is 11.6 Å². The minimum Gasteiger partial charge on any atom is -0.351 e. The highest BCUT2D eigenvalue weighted by Gasteiger charge is 2.25. The van der Waals surface area contributed by atoms with Crippen molar-refractivity contribution in [3.8, 4) is 6.07 Å². The number of carbonyl (C=O) groups is 1. The summed E-state index contributed by atoms with van der Waals surface area (Å²) in [5.41, 5.74) is 1.96. The highest BCUT2D eigenvalue weighted by Crippen LogP contribution is 2.37. The van der Waals surface area contributed by atoms with Crippen molar-refractivity contribution in [3.05, 3.63) is 34.1 Å². The quantitative estimate of drug-likeness (QED) is 0.689. The third-order valence-corrected chi connectivity index (χ3v) is 5.44. The zero-order valence-corrected chi connectivity index (χ0v) is 16.6. The van der Waals surface area contributed by atoms with Crippen LogP contribution in [0.25, 0.3) is 5.57 Å². The maximum atomic E-state index is 12.4. The minimum absolute atomic E-state index is 0.0297. The van der Waals surface area contributed by atoms with Gasteiger partial charge in [-0.2, -0.15) is 5.26 Å². The van der Waals surface area contributed by atoms with Gasteiger partial charge in [0.25, 0.3) is 0 Å². The number of nitriles is 1. The second kappa shape index (κ2) is 8.11. The smallest absolute Gasteiger partial charge is 0.229 e. The molecule has 8 heteroatoms. The summed E-state index contributed by atoms with van der Waals surface area (Å²) in [6, 6.07) is 3.91. The molecule has 0 bridgehead atoms. The molecule has 142 valence electrons. The predicted octanol–water partition coefficient (Wildman–Crippen LogP) is 2.83. The van der Waals surface area contributed by atoms with E-state index in [0.717, 1.165) is 36.7 Å². The Hall–Kier alpha value is -2.37. The zero-order valence-electron chi connectivity index (χ0n) is 15.8. The summed E-state index contributed by atoms with van der Waals surface area (Å²) in [5, 5.41) is 21.8. The lowest BCUT2D eigenvalue weighted by Crippen LogP contribution is -2.35. The van der Waals surface area contributed by atoms with Gasteiger partial charge in [-0.15, -0.1) is 0 Å². The number of nitrogens with zero attached hydrogens (tertiary/aromatic N) is 3. The van der Waals surface area contributed by atoms with Crippen LogP contribution in [0.4, 0.5) is 5.95 Å². The van der Waals surface area contributed by atoms with Crippen LogP contribution >= 0.6 is 11.8 Å². The molecule has 3 N–H and O–H groups in total. The highest BCUT2D eigenvalue weighted by atomic mass is 32.2. The van der Waals surface area contributed by atoms with Gasteiger partial charge in [-0.25, -0.2) is 9.97 Å². The van der Waals surface area contributed by atoms with Crippen molar-refractivity contribution in [1.29, 1.82) is 5.26 Å². The fourth-order valence-corrected chi connectivity index (χ4v) is 3.95. The number of hydrogen-bond donors (Lipinski definition) is 3. The van der Waals surface area contributed by atoms with Gasteiger partial charge in [-0.05, 0) is 37.4 Å². The summed E-state index contributed by atoms with van der Waals surface area (Å²) in [4.78, 5) is 20.9. The highest BCUT2D eigenvalue weighted by molar-refractivity contribution is 8.06. The van der Waals surface area contributed by atoms with Gasteiger partial charge < -0.3 is 10.6 Å². The van der Waals surface area contributed by atoms with Crippen LogP contribution in [0, 0.1) is 22.7 Å². The number of carbonyl (C=O) groups excluding carboxylic acids is 1. The van der Waals surface area contributed by atoms with Crippen LogP contribution < -0.4 is 16.0 Å². The van der Waals surface area contributed by atoms with E-state index in [1.165, 1.54) is 11.8 Å². The van der Waals surface area contributed by atoms with E-state index in [0.29, 0.717) is 11.3 Å². The molecular weight excluding hydrogens is 360 g/mol. The van der Waals surface area contributed by atoms with Crippen molar-refractivity contribution in [2.24, 2.45) is 11.3 Å². The molecule has 3 rings (SSSR count). The van der Waals surface area contributed by atoms with Crippen LogP contribution in [0.2, 0.25) is 0 Å². The summed E-state index contributed by atoms with van der Waals surface area (Å²) in [5.74, 6) is 0.138. The molecule has 0 saturated carbocycles. The first-order chi connectivity index (χ1) is 12.9. The van der Waals surface area contributed by atoms with E-state index in [9.17, 15) is 10.1 Å². The topological polar surface area (TPSA) is 103 Å². The van der Waals surface area contributed by atoms with Crippen molar-refractivity contribution in [3.63, 3.8) is 0 Å². The monoisotopic (exact) mass is 384 g/mol. The summed E-state index contributed by atoms with van der Waals surface area (Å²) in [7, 11) is 0. The second-order valence-electron chi connectivity index (χ2n) is 7.62. The number of nitrogens with one attached hydrogen (secondary N) is 3. The Labute approximate surface area is 163 Å². The largest absolute Gasteiger partial charge is 0.351 e. The average molecular weight is 385 g/mol. The molecular formula is C19H24N6OS. The lowest BCUT2D eigenvalue weighted by Gasteiger charge is -2.21. The first kappa shape index (κ1) is 19.4. The predicted molar refractivity (Wildman–Crippen MR) is 107 cm³/mol. The SMILES string of the molecule is CC(C)(C)C1=CS/C(=C(\C#N)c2ccnc(NC(=O)C3CCNCC3)n2)N1. The molecule has 1 amide bonds. The summed E-state index contributed by atoms with van der Waals surface area (Å²) in [6.45, 7) is 8.02. The van der Waals surface area contributed by atoms with Crippen LogP contribution in [0.15, 0.2) is 28.4 Å². The molecule has 1 aromatic heterocycles. The van der Waals surface area contributed by atoms with Crippen LogP contribution in [0.5, 0.6) is 0 Å². The normalized spacial score (nSPS) is 19.7. The van der Waals surface area contributed by atoms with Gasteiger partial charge in [-0.3, -0.25) is 10.1 Å². The van der Waals surface area contributed by atoms with E-state index in [1.54, 1.807) is 12.3 Å². The molecule has 1 fully saturated rings. The molecule has 0 radical (unpaired) electrons. The molecule has 0 atom stereocenters. The van der Waals surface area contributed by atoms with Crippen LogP contribution in [0.3, 0.4) is 0 Å². The van der Waals surface area contributed by atoms with E-state index in [2.05, 4.69) is 52.8 Å². The van der Waals surface area contributed by atoms with E-state index in [1.807, 2.05) is 5.41 Å². The van der Waals surface area contributed by atoms with Crippen molar-refractivity contribution >= 4 is 29.2 Å². The van der Waals surface area contributed by atoms with E-state index in [4.69, 9.17) is 0 Å². The van der Waals surface area contributed by atoms with Crippen molar-refractivity contribution in [2.45, 2.75) is 33.6 Å². The Bertz CT molecular complexity index is 827.